The number of aromatic nitrogens is 2. The van der Waals surface area contributed by atoms with Crippen LogP contribution in [0.15, 0.2) is 4.79 Å². The number of carbonyl (C=O) groups is 1. The molecular formula is C16H24N4O2. The molecule has 3 rings (SSSR count). The van der Waals surface area contributed by atoms with Gasteiger partial charge < -0.3 is 10.6 Å². The third-order valence-corrected chi connectivity index (χ3v) is 4.67. The van der Waals surface area contributed by atoms with E-state index in [1.165, 1.54) is 12.8 Å². The summed E-state index contributed by atoms with van der Waals surface area (Å²) in [6, 6.07) is 0.384. The molecule has 1 atom stereocenters. The summed E-state index contributed by atoms with van der Waals surface area (Å²) in [6.07, 6.45) is 7.59. The van der Waals surface area contributed by atoms with E-state index in [-0.39, 0.29) is 17.9 Å². The van der Waals surface area contributed by atoms with Crippen molar-refractivity contribution < 1.29 is 4.79 Å². The first kappa shape index (κ1) is 15.2. The maximum absolute atomic E-state index is 12.2. The second kappa shape index (κ2) is 7.05. The second-order valence-corrected chi connectivity index (χ2v) is 6.29. The van der Waals surface area contributed by atoms with Gasteiger partial charge in [-0.15, -0.1) is 0 Å². The van der Waals surface area contributed by atoms with Gasteiger partial charge in [-0.25, -0.2) is 5.10 Å². The first-order chi connectivity index (χ1) is 10.7. The zero-order valence-corrected chi connectivity index (χ0v) is 12.9. The average Bonchev–Trinajstić information content (AvgIpc) is 2.57. The summed E-state index contributed by atoms with van der Waals surface area (Å²) >= 11 is 0. The summed E-state index contributed by atoms with van der Waals surface area (Å²) in [5.74, 6) is -0.0142. The predicted octanol–water partition coefficient (Wildman–Crippen LogP) is 0.450. The number of carbonyl (C=O) groups excluding carboxylic acids is 1. The van der Waals surface area contributed by atoms with Crippen molar-refractivity contribution in [2.45, 2.75) is 57.4 Å². The van der Waals surface area contributed by atoms with Crippen molar-refractivity contribution in [3.05, 3.63) is 27.2 Å². The molecule has 1 unspecified atom stereocenters. The Morgan fingerprint density at radius 1 is 1.18 bits per heavy atom. The van der Waals surface area contributed by atoms with Crippen LogP contribution in [0, 0.1) is 0 Å². The molecule has 120 valence electrons. The first-order valence-electron chi connectivity index (χ1n) is 8.33. The summed E-state index contributed by atoms with van der Waals surface area (Å²) in [6.45, 7) is 1.71. The van der Waals surface area contributed by atoms with E-state index >= 15 is 0 Å². The molecule has 1 saturated heterocycles. The van der Waals surface area contributed by atoms with Crippen LogP contribution in [0.3, 0.4) is 0 Å². The Kier molecular flexibility index (Phi) is 4.87. The molecule has 2 heterocycles. The van der Waals surface area contributed by atoms with Crippen molar-refractivity contribution >= 4 is 5.91 Å². The van der Waals surface area contributed by atoms with Crippen LogP contribution < -0.4 is 16.2 Å². The Morgan fingerprint density at radius 3 is 2.77 bits per heavy atom. The van der Waals surface area contributed by atoms with E-state index in [0.717, 1.165) is 55.5 Å². The molecule has 6 nitrogen and oxygen atoms in total. The number of hydrogen-bond donors (Lipinski definition) is 3. The molecule has 22 heavy (non-hydrogen) atoms. The maximum atomic E-state index is 12.2. The topological polar surface area (TPSA) is 86.9 Å². The zero-order valence-electron chi connectivity index (χ0n) is 12.9. The van der Waals surface area contributed by atoms with E-state index in [0.29, 0.717) is 12.6 Å². The highest BCUT2D eigenvalue weighted by Gasteiger charge is 2.20. The van der Waals surface area contributed by atoms with E-state index in [2.05, 4.69) is 20.8 Å². The lowest BCUT2D eigenvalue weighted by Crippen LogP contribution is -2.44. The number of fused-ring (bicyclic) bond motifs is 1. The highest BCUT2D eigenvalue weighted by molar-refractivity contribution is 5.78. The van der Waals surface area contributed by atoms with Crippen LogP contribution in [0.1, 0.15) is 48.9 Å². The predicted molar refractivity (Wildman–Crippen MR) is 83.9 cm³/mol. The van der Waals surface area contributed by atoms with Gasteiger partial charge in [0.15, 0.2) is 0 Å². The van der Waals surface area contributed by atoms with Crippen molar-refractivity contribution in [1.82, 2.24) is 20.8 Å². The number of H-pyrrole nitrogens is 1. The lowest BCUT2D eigenvalue weighted by atomic mass is 9.91. The molecule has 1 aliphatic carbocycles. The number of hydrogen-bond acceptors (Lipinski definition) is 4. The van der Waals surface area contributed by atoms with E-state index in [4.69, 9.17) is 0 Å². The van der Waals surface area contributed by atoms with Crippen LogP contribution in [-0.2, 0) is 24.1 Å². The Labute approximate surface area is 130 Å². The van der Waals surface area contributed by atoms with Gasteiger partial charge in [0.25, 0.3) is 5.56 Å². The minimum atomic E-state index is -0.0923. The quantitative estimate of drug-likeness (QED) is 0.754. The summed E-state index contributed by atoms with van der Waals surface area (Å²) in [5, 5.41) is 13.1. The van der Waals surface area contributed by atoms with Crippen LogP contribution in [-0.4, -0.2) is 35.2 Å². The second-order valence-electron chi connectivity index (χ2n) is 6.29. The van der Waals surface area contributed by atoms with Gasteiger partial charge in [0.1, 0.15) is 0 Å². The van der Waals surface area contributed by atoms with Crippen molar-refractivity contribution in [3.8, 4) is 0 Å². The zero-order chi connectivity index (χ0) is 15.4. The Bertz CT molecular complexity index is 590. The first-order valence-corrected chi connectivity index (χ1v) is 8.33. The van der Waals surface area contributed by atoms with Crippen molar-refractivity contribution in [2.75, 3.05) is 13.1 Å². The molecule has 1 fully saturated rings. The van der Waals surface area contributed by atoms with Gasteiger partial charge in [0.2, 0.25) is 5.91 Å². The number of nitrogens with zero attached hydrogens (tertiary/aromatic N) is 1. The molecule has 1 amide bonds. The molecule has 0 spiro atoms. The smallest absolute Gasteiger partial charge is 0.267 e. The Morgan fingerprint density at radius 2 is 2.00 bits per heavy atom. The number of nitrogens with one attached hydrogen (secondary N) is 3. The van der Waals surface area contributed by atoms with Crippen LogP contribution in [0.5, 0.6) is 0 Å². The molecule has 2 aliphatic rings. The van der Waals surface area contributed by atoms with Crippen molar-refractivity contribution in [1.29, 1.82) is 0 Å². The highest BCUT2D eigenvalue weighted by Crippen LogP contribution is 2.20. The number of amides is 1. The summed E-state index contributed by atoms with van der Waals surface area (Å²) < 4.78 is 0. The fourth-order valence-electron chi connectivity index (χ4n) is 3.42. The number of piperidine rings is 1. The molecule has 1 aromatic heterocycles. The molecule has 0 radical (unpaired) electrons. The van der Waals surface area contributed by atoms with Crippen LogP contribution in [0.2, 0.25) is 0 Å². The standard InChI is InChI=1S/C16H24N4O2/c21-15(18-10-11-5-3-4-8-17-11)9-14-12-6-1-2-7-13(12)16(22)20-19-14/h11,17H,1-10H2,(H,18,21)(H,20,22). The normalized spacial score (nSPS) is 21.2. The van der Waals surface area contributed by atoms with Crippen molar-refractivity contribution in [3.63, 3.8) is 0 Å². The van der Waals surface area contributed by atoms with Crippen LogP contribution >= 0.6 is 0 Å². The monoisotopic (exact) mass is 304 g/mol. The van der Waals surface area contributed by atoms with Crippen molar-refractivity contribution in [2.24, 2.45) is 0 Å². The van der Waals surface area contributed by atoms with Gasteiger partial charge in [0.05, 0.1) is 12.1 Å². The van der Waals surface area contributed by atoms with Gasteiger partial charge in [-0.3, -0.25) is 9.59 Å². The minimum Gasteiger partial charge on any atom is -0.354 e. The van der Waals surface area contributed by atoms with E-state index in [9.17, 15) is 9.59 Å². The molecule has 3 N–H and O–H groups in total. The molecule has 1 aromatic rings. The maximum Gasteiger partial charge on any atom is 0.267 e. The summed E-state index contributed by atoms with van der Waals surface area (Å²) in [7, 11) is 0. The third-order valence-electron chi connectivity index (χ3n) is 4.67. The SMILES string of the molecule is O=C(Cc1n[nH]c(=O)c2c1CCCC2)NCC1CCCCN1. The van der Waals surface area contributed by atoms with Gasteiger partial charge in [-0.1, -0.05) is 6.42 Å². The number of rotatable bonds is 4. The molecule has 0 bridgehead atoms. The molecule has 6 heteroatoms. The lowest BCUT2D eigenvalue weighted by molar-refractivity contribution is -0.120. The van der Waals surface area contributed by atoms with E-state index in [1.807, 2.05) is 0 Å². The summed E-state index contributed by atoms with van der Waals surface area (Å²) in [5.41, 5.74) is 2.48. The third kappa shape index (κ3) is 3.55. The van der Waals surface area contributed by atoms with Gasteiger partial charge >= 0.3 is 0 Å². The van der Waals surface area contributed by atoms with Crippen LogP contribution in [0.25, 0.3) is 0 Å². The summed E-state index contributed by atoms with van der Waals surface area (Å²) in [4.78, 5) is 24.0. The van der Waals surface area contributed by atoms with Gasteiger partial charge in [0, 0.05) is 18.2 Å². The minimum absolute atomic E-state index is 0.0142. The van der Waals surface area contributed by atoms with E-state index in [1.54, 1.807) is 0 Å². The largest absolute Gasteiger partial charge is 0.354 e. The number of aromatic amines is 1. The molecule has 0 aromatic carbocycles. The molecular weight excluding hydrogens is 280 g/mol. The Balaban J connectivity index is 1.60. The highest BCUT2D eigenvalue weighted by atomic mass is 16.1. The van der Waals surface area contributed by atoms with Crippen LogP contribution in [0.4, 0.5) is 0 Å². The van der Waals surface area contributed by atoms with Gasteiger partial charge in [-0.05, 0) is 50.6 Å². The fraction of sp³-hybridized carbons (Fsp3) is 0.688. The van der Waals surface area contributed by atoms with Gasteiger partial charge in [-0.2, -0.15) is 5.10 Å². The fourth-order valence-corrected chi connectivity index (χ4v) is 3.42. The van der Waals surface area contributed by atoms with E-state index < -0.39 is 0 Å². The lowest BCUT2D eigenvalue weighted by Gasteiger charge is -2.23. The Hall–Kier alpha value is -1.69. The molecule has 1 aliphatic heterocycles. The molecule has 0 saturated carbocycles. The average molecular weight is 304 g/mol.